The van der Waals surface area contributed by atoms with Gasteiger partial charge in [-0.1, -0.05) is 6.07 Å². The van der Waals surface area contributed by atoms with E-state index in [2.05, 4.69) is 5.32 Å². The zero-order chi connectivity index (χ0) is 22.2. The highest BCUT2D eigenvalue weighted by molar-refractivity contribution is 5.91. The van der Waals surface area contributed by atoms with Crippen LogP contribution < -0.4 is 19.9 Å². The summed E-state index contributed by atoms with van der Waals surface area (Å²) in [5.41, 5.74) is 1.62. The number of piperazine rings is 1. The molecule has 1 aliphatic rings. The van der Waals surface area contributed by atoms with Gasteiger partial charge in [0.15, 0.2) is 13.1 Å². The number of amides is 2. The molecule has 0 bridgehead atoms. The molecule has 2 aromatic carbocycles. The Hall–Kier alpha value is -2.97. The summed E-state index contributed by atoms with van der Waals surface area (Å²) in [4.78, 5) is 29.0. The van der Waals surface area contributed by atoms with E-state index in [1.165, 1.54) is 12.1 Å². The number of carbonyl (C=O) groups is 2. The van der Waals surface area contributed by atoms with Gasteiger partial charge >= 0.3 is 0 Å². The number of hydrogen-bond donors (Lipinski definition) is 3. The Bertz CT molecular complexity index is 883. The number of methoxy groups -OCH3 is 1. The van der Waals surface area contributed by atoms with Gasteiger partial charge in [0.05, 0.1) is 40.3 Å². The Kier molecular flexibility index (Phi) is 7.97. The van der Waals surface area contributed by atoms with Crippen LogP contribution in [0.3, 0.4) is 0 Å². The summed E-state index contributed by atoms with van der Waals surface area (Å²) in [6, 6.07) is 13.8. The third-order valence-electron chi connectivity index (χ3n) is 5.46. The maximum absolute atomic E-state index is 13.2. The van der Waals surface area contributed by atoms with Gasteiger partial charge in [0.25, 0.3) is 11.8 Å². The minimum Gasteiger partial charge on any atom is -0.497 e. The lowest BCUT2D eigenvalue weighted by molar-refractivity contribution is -0.896. The number of likely N-dealkylation sites (N-methyl/N-ethyl adjacent to an activating group) is 1. The molecule has 2 aromatic rings. The van der Waals surface area contributed by atoms with Crippen molar-refractivity contribution < 1.29 is 28.5 Å². The summed E-state index contributed by atoms with van der Waals surface area (Å²) in [5.74, 6) is 0.428. The lowest BCUT2D eigenvalue weighted by Gasteiger charge is -2.32. The van der Waals surface area contributed by atoms with Crippen molar-refractivity contribution in [2.24, 2.45) is 0 Å². The van der Waals surface area contributed by atoms with E-state index in [0.29, 0.717) is 31.9 Å². The normalized spacial score (nSPS) is 15.4. The van der Waals surface area contributed by atoms with E-state index in [4.69, 9.17) is 4.74 Å². The summed E-state index contributed by atoms with van der Waals surface area (Å²) in [5, 5.41) is 2.73. The molecule has 7 nitrogen and oxygen atoms in total. The Morgan fingerprint density at radius 2 is 1.87 bits per heavy atom. The Morgan fingerprint density at radius 3 is 2.52 bits per heavy atom. The number of quaternary nitrogens is 2. The van der Waals surface area contributed by atoms with Gasteiger partial charge in [0.1, 0.15) is 18.1 Å². The van der Waals surface area contributed by atoms with E-state index in [9.17, 15) is 14.0 Å². The average molecular weight is 431 g/mol. The molecule has 2 amide bonds. The van der Waals surface area contributed by atoms with Crippen LogP contribution in [0.15, 0.2) is 48.5 Å². The standard InChI is InChI=1S/C23H29FN4O3/c1-26(15-18-6-8-21(31-2)9-7-18)17-23(30)28-12-10-27(11-13-28)16-22(29)25-20-5-3-4-19(24)14-20/h3-9,14H,10-13,15-17H2,1-2H3,(H,25,29)/p+2. The third kappa shape index (κ3) is 7.04. The molecule has 3 rings (SSSR count). The van der Waals surface area contributed by atoms with Gasteiger partial charge in [0.2, 0.25) is 0 Å². The number of halogens is 1. The van der Waals surface area contributed by atoms with Gasteiger partial charge in [-0.15, -0.1) is 0 Å². The van der Waals surface area contributed by atoms with E-state index in [0.717, 1.165) is 40.7 Å². The number of nitrogens with zero attached hydrogens (tertiary/aromatic N) is 1. The first kappa shape index (κ1) is 22.7. The van der Waals surface area contributed by atoms with Crippen LogP contribution in [0.5, 0.6) is 5.75 Å². The SMILES string of the molecule is COc1ccc(C[NH+](C)CC(=O)N2CC[NH+](CC(=O)Nc3cccc(F)c3)CC2)cc1. The van der Waals surface area contributed by atoms with Crippen molar-refractivity contribution in [3.63, 3.8) is 0 Å². The quantitative estimate of drug-likeness (QED) is 0.515. The van der Waals surface area contributed by atoms with Gasteiger partial charge in [-0.3, -0.25) is 9.59 Å². The number of anilines is 1. The van der Waals surface area contributed by atoms with E-state index in [-0.39, 0.29) is 17.6 Å². The number of carbonyl (C=O) groups excluding carboxylic acids is 2. The molecule has 1 aliphatic heterocycles. The molecule has 1 unspecified atom stereocenters. The zero-order valence-corrected chi connectivity index (χ0v) is 18.1. The van der Waals surface area contributed by atoms with Crippen molar-refractivity contribution in [2.75, 3.05) is 58.7 Å². The van der Waals surface area contributed by atoms with Crippen molar-refractivity contribution in [1.82, 2.24) is 4.90 Å². The average Bonchev–Trinajstić information content (AvgIpc) is 2.74. The predicted octanol–water partition coefficient (Wildman–Crippen LogP) is -0.785. The van der Waals surface area contributed by atoms with E-state index >= 15 is 0 Å². The maximum Gasteiger partial charge on any atom is 0.279 e. The second-order valence-electron chi connectivity index (χ2n) is 8.02. The Morgan fingerprint density at radius 1 is 1.16 bits per heavy atom. The van der Waals surface area contributed by atoms with Crippen LogP contribution in [-0.2, 0) is 16.1 Å². The fourth-order valence-electron chi connectivity index (χ4n) is 3.77. The van der Waals surface area contributed by atoms with Gasteiger partial charge in [-0.05, 0) is 42.5 Å². The fraction of sp³-hybridized carbons (Fsp3) is 0.391. The minimum absolute atomic E-state index is 0.134. The number of benzene rings is 2. The lowest BCUT2D eigenvalue weighted by atomic mass is 10.2. The van der Waals surface area contributed by atoms with Crippen LogP contribution in [0.25, 0.3) is 0 Å². The second kappa shape index (κ2) is 10.9. The van der Waals surface area contributed by atoms with Crippen LogP contribution in [0.2, 0.25) is 0 Å². The molecule has 1 heterocycles. The highest BCUT2D eigenvalue weighted by Gasteiger charge is 2.26. The van der Waals surface area contributed by atoms with Crippen LogP contribution in [-0.4, -0.2) is 70.1 Å². The van der Waals surface area contributed by atoms with Crippen molar-refractivity contribution in [3.8, 4) is 5.75 Å². The monoisotopic (exact) mass is 430 g/mol. The maximum atomic E-state index is 13.2. The van der Waals surface area contributed by atoms with Crippen molar-refractivity contribution in [2.45, 2.75) is 6.54 Å². The molecular weight excluding hydrogens is 399 g/mol. The number of nitrogens with one attached hydrogen (secondary N) is 3. The van der Waals surface area contributed by atoms with Crippen LogP contribution in [0.4, 0.5) is 10.1 Å². The molecule has 0 spiro atoms. The van der Waals surface area contributed by atoms with E-state index in [1.54, 1.807) is 19.2 Å². The highest BCUT2D eigenvalue weighted by atomic mass is 19.1. The number of hydrogen-bond acceptors (Lipinski definition) is 3. The van der Waals surface area contributed by atoms with Crippen molar-refractivity contribution in [3.05, 3.63) is 59.9 Å². The molecule has 1 fully saturated rings. The minimum atomic E-state index is -0.378. The first-order valence-electron chi connectivity index (χ1n) is 10.5. The molecule has 0 aromatic heterocycles. The summed E-state index contributed by atoms with van der Waals surface area (Å²) in [6.45, 7) is 4.22. The van der Waals surface area contributed by atoms with Gasteiger partial charge in [-0.25, -0.2) is 4.39 Å². The molecule has 166 valence electrons. The molecule has 8 heteroatoms. The lowest BCUT2D eigenvalue weighted by Crippen LogP contribution is -3.16. The molecule has 0 aliphatic carbocycles. The molecule has 1 saturated heterocycles. The van der Waals surface area contributed by atoms with Crippen LogP contribution in [0, 0.1) is 5.82 Å². The zero-order valence-electron chi connectivity index (χ0n) is 18.1. The molecule has 0 saturated carbocycles. The molecular formula is C23H31FN4O3+2. The summed E-state index contributed by atoms with van der Waals surface area (Å²) in [6.07, 6.45) is 0. The molecule has 3 N–H and O–H groups in total. The topological polar surface area (TPSA) is 67.5 Å². The van der Waals surface area contributed by atoms with Crippen LogP contribution in [0.1, 0.15) is 5.56 Å². The van der Waals surface area contributed by atoms with E-state index in [1.807, 2.05) is 36.2 Å². The van der Waals surface area contributed by atoms with Crippen molar-refractivity contribution in [1.29, 1.82) is 0 Å². The van der Waals surface area contributed by atoms with Gasteiger partial charge < -0.3 is 24.8 Å². The van der Waals surface area contributed by atoms with Crippen molar-refractivity contribution >= 4 is 17.5 Å². The van der Waals surface area contributed by atoms with E-state index < -0.39 is 0 Å². The summed E-state index contributed by atoms with van der Waals surface area (Å²) < 4.78 is 18.4. The third-order valence-corrected chi connectivity index (χ3v) is 5.46. The van der Waals surface area contributed by atoms with Crippen LogP contribution >= 0.6 is 0 Å². The number of ether oxygens (including phenoxy) is 1. The highest BCUT2D eigenvalue weighted by Crippen LogP contribution is 2.10. The predicted molar refractivity (Wildman–Crippen MR) is 116 cm³/mol. The first-order valence-corrected chi connectivity index (χ1v) is 10.5. The van der Waals surface area contributed by atoms with Gasteiger partial charge in [0, 0.05) is 11.3 Å². The molecule has 1 atom stereocenters. The largest absolute Gasteiger partial charge is 0.497 e. The summed E-state index contributed by atoms with van der Waals surface area (Å²) >= 11 is 0. The number of rotatable bonds is 8. The first-order chi connectivity index (χ1) is 14.9. The molecule has 31 heavy (non-hydrogen) atoms. The molecule has 0 radical (unpaired) electrons. The smallest absolute Gasteiger partial charge is 0.279 e. The Labute approximate surface area is 182 Å². The second-order valence-corrected chi connectivity index (χ2v) is 8.02. The summed E-state index contributed by atoms with van der Waals surface area (Å²) in [7, 11) is 3.66. The Balaban J connectivity index is 1.39. The van der Waals surface area contributed by atoms with Gasteiger partial charge in [-0.2, -0.15) is 0 Å². The fourth-order valence-corrected chi connectivity index (χ4v) is 3.77.